The molecule has 2 nitrogen and oxygen atoms in total. The van der Waals surface area contributed by atoms with Crippen LogP contribution < -0.4 is 4.90 Å². The van der Waals surface area contributed by atoms with E-state index in [0.717, 1.165) is 5.69 Å². The van der Waals surface area contributed by atoms with Gasteiger partial charge in [0, 0.05) is 0 Å². The van der Waals surface area contributed by atoms with Gasteiger partial charge in [0.2, 0.25) is 5.91 Å². The van der Waals surface area contributed by atoms with Gasteiger partial charge in [-0.3, -0.25) is 9.69 Å². The molecule has 1 aliphatic rings. The fourth-order valence-corrected chi connectivity index (χ4v) is 2.77. The van der Waals surface area contributed by atoms with Gasteiger partial charge >= 0.3 is 0 Å². The van der Waals surface area contributed by atoms with Crippen LogP contribution in [0.3, 0.4) is 0 Å². The first-order chi connectivity index (χ1) is 6.70. The van der Waals surface area contributed by atoms with E-state index in [9.17, 15) is 4.79 Å². The van der Waals surface area contributed by atoms with Crippen LogP contribution in [0.15, 0.2) is 30.3 Å². The maximum absolute atomic E-state index is 11.7. The zero-order chi connectivity index (χ0) is 10.1. The molecule has 4 heteroatoms. The normalized spacial score (nSPS) is 21.8. The summed E-state index contributed by atoms with van der Waals surface area (Å²) < 4.78 is 0.647. The second kappa shape index (κ2) is 3.71. The number of para-hydroxylation sites is 1. The van der Waals surface area contributed by atoms with Gasteiger partial charge < -0.3 is 0 Å². The molecule has 1 saturated heterocycles. The van der Waals surface area contributed by atoms with Crippen LogP contribution in [0.2, 0.25) is 0 Å². The first-order valence-corrected chi connectivity index (χ1v) is 5.58. The Balaban J connectivity index is 2.36. The maximum Gasteiger partial charge on any atom is 0.245 e. The minimum absolute atomic E-state index is 0.0530. The quantitative estimate of drug-likeness (QED) is 0.682. The Morgan fingerprint density at radius 2 is 2.00 bits per heavy atom. The van der Waals surface area contributed by atoms with Crippen LogP contribution >= 0.6 is 24.0 Å². The van der Waals surface area contributed by atoms with Crippen molar-refractivity contribution < 1.29 is 4.79 Å². The lowest BCUT2D eigenvalue weighted by atomic mass is 10.3. The van der Waals surface area contributed by atoms with Gasteiger partial charge in [0.05, 0.1) is 10.9 Å². The molecule has 1 heterocycles. The van der Waals surface area contributed by atoms with Crippen molar-refractivity contribution in [2.45, 2.75) is 12.2 Å². The van der Waals surface area contributed by atoms with Gasteiger partial charge in [-0.15, -0.1) is 0 Å². The third-order valence-electron chi connectivity index (χ3n) is 2.04. The highest BCUT2D eigenvalue weighted by atomic mass is 32.2. The second-order valence-corrected chi connectivity index (χ2v) is 5.01. The summed E-state index contributed by atoms with van der Waals surface area (Å²) in [5.74, 6) is 0.0752. The Bertz CT molecular complexity index is 377. The summed E-state index contributed by atoms with van der Waals surface area (Å²) in [6.07, 6.45) is 0. The number of carbonyl (C=O) groups is 1. The second-order valence-electron chi connectivity index (χ2n) is 3.04. The van der Waals surface area contributed by atoms with Gasteiger partial charge in [-0.2, -0.15) is 0 Å². The summed E-state index contributed by atoms with van der Waals surface area (Å²) in [6, 6.07) is 9.51. The zero-order valence-electron chi connectivity index (χ0n) is 7.64. The van der Waals surface area contributed by atoms with Crippen LogP contribution in [0.1, 0.15) is 6.92 Å². The van der Waals surface area contributed by atoms with Gasteiger partial charge in [0.25, 0.3) is 0 Å². The summed E-state index contributed by atoms with van der Waals surface area (Å²) >= 11 is 6.58. The molecule has 1 amide bonds. The molecule has 2 rings (SSSR count). The molecule has 0 N–H and O–H groups in total. The number of rotatable bonds is 1. The lowest BCUT2D eigenvalue weighted by molar-refractivity contribution is -0.116. The van der Waals surface area contributed by atoms with E-state index >= 15 is 0 Å². The van der Waals surface area contributed by atoms with Crippen LogP contribution in [0.5, 0.6) is 0 Å². The molecule has 0 bridgehead atoms. The summed E-state index contributed by atoms with van der Waals surface area (Å²) in [7, 11) is 0. The molecule has 0 saturated carbocycles. The maximum atomic E-state index is 11.7. The van der Waals surface area contributed by atoms with Crippen molar-refractivity contribution in [2.75, 3.05) is 4.90 Å². The number of thioether (sulfide) groups is 1. The molecule has 1 aromatic carbocycles. The van der Waals surface area contributed by atoms with Gasteiger partial charge in [-0.25, -0.2) is 0 Å². The fraction of sp³-hybridized carbons (Fsp3) is 0.200. The lowest BCUT2D eigenvalue weighted by Crippen LogP contribution is -2.30. The number of anilines is 1. The highest BCUT2D eigenvalue weighted by Crippen LogP contribution is 2.31. The molecule has 0 spiro atoms. The fourth-order valence-electron chi connectivity index (χ4n) is 1.34. The lowest BCUT2D eigenvalue weighted by Gasteiger charge is -2.14. The molecule has 1 aliphatic heterocycles. The highest BCUT2D eigenvalue weighted by molar-refractivity contribution is 8.25. The standard InChI is InChI=1S/C10H9NOS2/c1-7-9(12)11(10(13)14-7)8-5-3-2-4-6-8/h2-7H,1H3/t7-/m0/s1. The summed E-state index contributed by atoms with van der Waals surface area (Å²) in [5, 5.41) is -0.0530. The number of nitrogens with zero attached hydrogens (tertiary/aromatic N) is 1. The molecule has 0 radical (unpaired) electrons. The number of hydrogen-bond donors (Lipinski definition) is 0. The Hall–Kier alpha value is -0.870. The molecule has 1 atom stereocenters. The third-order valence-corrected chi connectivity index (χ3v) is 3.45. The third kappa shape index (κ3) is 1.55. The minimum Gasteiger partial charge on any atom is -0.273 e. The van der Waals surface area contributed by atoms with E-state index in [-0.39, 0.29) is 11.2 Å². The molecule has 1 aromatic rings. The summed E-state index contributed by atoms with van der Waals surface area (Å²) in [4.78, 5) is 13.3. The summed E-state index contributed by atoms with van der Waals surface area (Å²) in [5.41, 5.74) is 0.861. The van der Waals surface area contributed by atoms with Crippen LogP contribution in [0.25, 0.3) is 0 Å². The van der Waals surface area contributed by atoms with Crippen LogP contribution in [0, 0.1) is 0 Å². The molecule has 0 aromatic heterocycles. The van der Waals surface area contributed by atoms with Crippen LogP contribution in [-0.2, 0) is 4.79 Å². The Labute approximate surface area is 92.3 Å². The zero-order valence-corrected chi connectivity index (χ0v) is 9.27. The molecule has 0 unspecified atom stereocenters. The molecular weight excluding hydrogens is 214 g/mol. The number of benzene rings is 1. The number of hydrogen-bond acceptors (Lipinski definition) is 3. The van der Waals surface area contributed by atoms with Crippen LogP contribution in [0.4, 0.5) is 5.69 Å². The largest absolute Gasteiger partial charge is 0.273 e. The molecule has 1 fully saturated rings. The number of thiocarbonyl (C=S) groups is 1. The van der Waals surface area contributed by atoms with Crippen molar-refractivity contribution in [3.8, 4) is 0 Å². The smallest absolute Gasteiger partial charge is 0.245 e. The van der Waals surface area contributed by atoms with Gasteiger partial charge in [-0.1, -0.05) is 42.2 Å². The average molecular weight is 223 g/mol. The predicted molar refractivity (Wildman–Crippen MR) is 63.6 cm³/mol. The highest BCUT2D eigenvalue weighted by Gasteiger charge is 2.34. The molecule has 0 aliphatic carbocycles. The monoisotopic (exact) mass is 223 g/mol. The van der Waals surface area contributed by atoms with Crippen LogP contribution in [-0.4, -0.2) is 15.5 Å². The van der Waals surface area contributed by atoms with E-state index in [4.69, 9.17) is 12.2 Å². The topological polar surface area (TPSA) is 20.3 Å². The van der Waals surface area contributed by atoms with E-state index in [0.29, 0.717) is 4.32 Å². The van der Waals surface area contributed by atoms with Gasteiger partial charge in [0.15, 0.2) is 0 Å². The van der Waals surface area contributed by atoms with Crippen molar-refractivity contribution in [1.29, 1.82) is 0 Å². The Morgan fingerprint density at radius 3 is 2.50 bits per heavy atom. The van der Waals surface area contributed by atoms with Crippen molar-refractivity contribution in [3.05, 3.63) is 30.3 Å². The molecule has 72 valence electrons. The van der Waals surface area contributed by atoms with E-state index in [1.54, 1.807) is 4.90 Å². The van der Waals surface area contributed by atoms with Crippen molar-refractivity contribution in [2.24, 2.45) is 0 Å². The first-order valence-electron chi connectivity index (χ1n) is 4.30. The van der Waals surface area contributed by atoms with Gasteiger partial charge in [0.1, 0.15) is 4.32 Å². The SMILES string of the molecule is C[C@@H]1SC(=S)N(c2ccccc2)C1=O. The number of carbonyl (C=O) groups excluding carboxylic acids is 1. The van der Waals surface area contributed by atoms with E-state index in [1.807, 2.05) is 37.3 Å². The molecule has 14 heavy (non-hydrogen) atoms. The minimum atomic E-state index is -0.0530. The summed E-state index contributed by atoms with van der Waals surface area (Å²) in [6.45, 7) is 1.88. The van der Waals surface area contributed by atoms with Crippen molar-refractivity contribution >= 4 is 39.9 Å². The van der Waals surface area contributed by atoms with E-state index < -0.39 is 0 Å². The van der Waals surface area contributed by atoms with E-state index in [1.165, 1.54) is 11.8 Å². The Kier molecular flexibility index (Phi) is 2.56. The van der Waals surface area contributed by atoms with Crippen molar-refractivity contribution in [1.82, 2.24) is 0 Å². The molecular formula is C10H9NOS2. The van der Waals surface area contributed by atoms with E-state index in [2.05, 4.69) is 0 Å². The Morgan fingerprint density at radius 1 is 1.36 bits per heavy atom. The number of amides is 1. The predicted octanol–water partition coefficient (Wildman–Crippen LogP) is 2.44. The van der Waals surface area contributed by atoms with Gasteiger partial charge in [-0.05, 0) is 19.1 Å². The van der Waals surface area contributed by atoms with Crippen molar-refractivity contribution in [3.63, 3.8) is 0 Å². The first kappa shape index (κ1) is 9.68. The average Bonchev–Trinajstić information content (AvgIpc) is 2.43.